The summed E-state index contributed by atoms with van der Waals surface area (Å²) in [5.74, 6) is 0.276. The van der Waals surface area contributed by atoms with Crippen LogP contribution >= 0.6 is 0 Å². The lowest BCUT2D eigenvalue weighted by molar-refractivity contribution is -0.377. The molecule has 3 saturated carbocycles. The van der Waals surface area contributed by atoms with Gasteiger partial charge in [0.1, 0.15) is 79.4 Å². The van der Waals surface area contributed by atoms with Crippen LogP contribution in [0.1, 0.15) is 100 Å². The van der Waals surface area contributed by atoms with Gasteiger partial charge in [0, 0.05) is 5.41 Å². The second kappa shape index (κ2) is 19.2. The molecular weight excluding hydrogens is 868 g/mol. The number of fused-ring (bicyclic) bond motifs is 5. The van der Waals surface area contributed by atoms with E-state index in [9.17, 15) is 66.4 Å². The Balaban J connectivity index is 1.05. The molecule has 0 aromatic heterocycles. The molecule has 0 amide bonds. The van der Waals surface area contributed by atoms with E-state index >= 15 is 0 Å². The quantitative estimate of drug-likeness (QED) is 0.0940. The minimum Gasteiger partial charge on any atom is -0.394 e. The van der Waals surface area contributed by atoms with Crippen molar-refractivity contribution in [2.24, 2.45) is 45.3 Å². The van der Waals surface area contributed by atoms with E-state index in [0.29, 0.717) is 12.3 Å². The number of ether oxygens (including phenoxy) is 6. The molecule has 25 atom stereocenters. The van der Waals surface area contributed by atoms with Gasteiger partial charge in [-0.15, -0.1) is 0 Å². The molecule has 7 aliphatic rings. The smallest absolute Gasteiger partial charge is 0.189 e. The van der Waals surface area contributed by atoms with E-state index in [4.69, 9.17) is 28.4 Å². The molecule has 3 heterocycles. The topological polar surface area (TPSA) is 318 Å². The fraction of sp³-hybridized carbons (Fsp3) is 0.957. The number of aliphatic hydroxyl groups is 13. The number of allylic oxidation sites excluding steroid dienone is 1. The van der Waals surface area contributed by atoms with Crippen LogP contribution in [-0.2, 0) is 28.4 Å². The number of aliphatic hydroxyl groups excluding tert-OH is 12. The van der Waals surface area contributed by atoms with Gasteiger partial charge < -0.3 is 94.8 Å². The summed E-state index contributed by atoms with van der Waals surface area (Å²) in [6, 6.07) is 0. The van der Waals surface area contributed by atoms with Crippen LogP contribution in [-0.4, -0.2) is 202 Å². The predicted molar refractivity (Wildman–Crippen MR) is 230 cm³/mol. The maximum atomic E-state index is 11.5. The van der Waals surface area contributed by atoms with E-state index in [1.165, 1.54) is 19.4 Å². The Bertz CT molecular complexity index is 1690. The highest BCUT2D eigenvalue weighted by Crippen LogP contribution is 2.75. The molecule has 66 heavy (non-hydrogen) atoms. The number of hydrogen-bond donors (Lipinski definition) is 13. The maximum absolute atomic E-state index is 11.5. The highest BCUT2D eigenvalue weighted by molar-refractivity contribution is 5.30. The fourth-order valence-corrected chi connectivity index (χ4v) is 13.9. The molecule has 3 aliphatic heterocycles. The Morgan fingerprint density at radius 1 is 0.682 bits per heavy atom. The molecule has 19 nitrogen and oxygen atoms in total. The van der Waals surface area contributed by atoms with Crippen LogP contribution in [0, 0.1) is 45.3 Å². The molecule has 0 aromatic carbocycles. The van der Waals surface area contributed by atoms with Gasteiger partial charge in [-0.25, -0.2) is 0 Å². The molecule has 0 unspecified atom stereocenters. The second-order valence-corrected chi connectivity index (χ2v) is 22.7. The average molecular weight is 949 g/mol. The van der Waals surface area contributed by atoms with E-state index in [-0.39, 0.29) is 34.0 Å². The summed E-state index contributed by atoms with van der Waals surface area (Å²) >= 11 is 0. The van der Waals surface area contributed by atoms with Crippen molar-refractivity contribution < 1.29 is 94.8 Å². The highest BCUT2D eigenvalue weighted by atomic mass is 16.8. The first-order chi connectivity index (χ1) is 30.7. The minimum absolute atomic E-state index is 0.0778. The Morgan fingerprint density at radius 2 is 1.29 bits per heavy atom. The van der Waals surface area contributed by atoms with Crippen molar-refractivity contribution in [3.63, 3.8) is 0 Å². The zero-order chi connectivity index (χ0) is 48.8. The van der Waals surface area contributed by atoms with Gasteiger partial charge in [-0.3, -0.25) is 0 Å². The normalized spacial score (nSPS) is 50.3. The van der Waals surface area contributed by atoms with E-state index in [1.54, 1.807) is 0 Å². The highest BCUT2D eigenvalue weighted by Gasteiger charge is 2.68. The Labute approximate surface area is 387 Å². The standard InChI is InChI=1S/C47H80O19/c1-20(29(50)35(56)39(59)44(4,5)60)21-13-14-47(8)27-11-9-22-23(45(27,6)15-16-46(21,47)7)10-12-28(43(22,2)3)65-42-38(34(55)31(52)25(18-49)64-42)62-26-19-61-40(36(57)32(26)53)66-41-37(58)33(54)30(51)24(17-48)63-41/h9,20-21,23-42,48-60H,10-19H2,1-8H3/t20-,21+,23-,24+,25+,26+,27-,28-,29+,30+,31+,32-,33-,34-,35+,36+,37+,38+,39+,40-,41-,42-,45-,46+,47+/m1/s1. The molecule has 0 bridgehead atoms. The van der Waals surface area contributed by atoms with Crippen LogP contribution < -0.4 is 0 Å². The lowest BCUT2D eigenvalue weighted by atomic mass is 9.39. The summed E-state index contributed by atoms with van der Waals surface area (Å²) in [6.45, 7) is 14.4. The lowest BCUT2D eigenvalue weighted by Crippen LogP contribution is -2.65. The van der Waals surface area contributed by atoms with E-state index < -0.39 is 141 Å². The molecule has 4 aliphatic carbocycles. The first-order valence-corrected chi connectivity index (χ1v) is 24.0. The zero-order valence-electron chi connectivity index (χ0n) is 39.6. The van der Waals surface area contributed by atoms with E-state index in [0.717, 1.165) is 38.5 Å². The maximum Gasteiger partial charge on any atom is 0.189 e. The van der Waals surface area contributed by atoms with Crippen LogP contribution in [0.3, 0.4) is 0 Å². The first-order valence-electron chi connectivity index (χ1n) is 24.0. The molecule has 13 N–H and O–H groups in total. The Morgan fingerprint density at radius 3 is 1.91 bits per heavy atom. The SMILES string of the molecule is C[C@@H]([C@H](O)[C@H](O)[C@H](O)C(C)(C)O)[C@@H]1CC[C@@]2(C)[C@@H]3CC=C4[C@@H](CC[C@@H](O[C@H]5O[C@@H](CO)[C@H](O)[C@@H](O)[C@@H]5O[C@H]5CO[C@H](O[C@H]6O[C@@H](CO)[C@H](O)[C@@H](O)[C@@H]6O)[C@@H](O)[C@@H]5O)C4(C)C)[C@@]3(C)CC[C@@]12C. The molecular formula is C47H80O19. The Kier molecular flexibility index (Phi) is 15.4. The number of rotatable bonds is 13. The molecule has 6 fully saturated rings. The van der Waals surface area contributed by atoms with Gasteiger partial charge in [-0.05, 0) is 98.7 Å². The third-order valence-corrected chi connectivity index (χ3v) is 18.4. The lowest BCUT2D eigenvalue weighted by Gasteiger charge is -2.66. The summed E-state index contributed by atoms with van der Waals surface area (Å²) in [5.41, 5.74) is -1.22. The van der Waals surface area contributed by atoms with Crippen LogP contribution in [0.25, 0.3) is 0 Å². The van der Waals surface area contributed by atoms with E-state index in [1.807, 2.05) is 6.92 Å². The fourth-order valence-electron chi connectivity index (χ4n) is 13.9. The van der Waals surface area contributed by atoms with Gasteiger partial charge in [-0.1, -0.05) is 53.2 Å². The van der Waals surface area contributed by atoms with Crippen molar-refractivity contribution in [2.45, 2.75) is 216 Å². The monoisotopic (exact) mass is 949 g/mol. The summed E-state index contributed by atoms with van der Waals surface area (Å²) in [6.07, 6.45) is -18.5. The van der Waals surface area contributed by atoms with Crippen molar-refractivity contribution >= 4 is 0 Å². The van der Waals surface area contributed by atoms with Crippen molar-refractivity contribution in [1.29, 1.82) is 0 Å². The van der Waals surface area contributed by atoms with Crippen molar-refractivity contribution in [3.8, 4) is 0 Å². The third-order valence-electron chi connectivity index (χ3n) is 18.4. The van der Waals surface area contributed by atoms with Gasteiger partial charge in [0.2, 0.25) is 0 Å². The predicted octanol–water partition coefficient (Wildman–Crippen LogP) is -1.45. The molecule has 0 radical (unpaired) electrons. The molecule has 0 aromatic rings. The van der Waals surface area contributed by atoms with E-state index in [2.05, 4.69) is 40.7 Å². The Hall–Kier alpha value is -1.02. The molecule has 0 spiro atoms. The van der Waals surface area contributed by atoms with Gasteiger partial charge >= 0.3 is 0 Å². The second-order valence-electron chi connectivity index (χ2n) is 22.7. The summed E-state index contributed by atoms with van der Waals surface area (Å²) in [4.78, 5) is 0. The zero-order valence-corrected chi connectivity index (χ0v) is 39.6. The van der Waals surface area contributed by atoms with Gasteiger partial charge in [-0.2, -0.15) is 0 Å². The van der Waals surface area contributed by atoms with Crippen LogP contribution in [0.5, 0.6) is 0 Å². The third kappa shape index (κ3) is 8.78. The minimum atomic E-state index is -1.83. The van der Waals surface area contributed by atoms with Crippen LogP contribution in [0.15, 0.2) is 11.6 Å². The molecule has 7 rings (SSSR count). The molecule has 19 heteroatoms. The van der Waals surface area contributed by atoms with Crippen LogP contribution in [0.4, 0.5) is 0 Å². The summed E-state index contributed by atoms with van der Waals surface area (Å²) < 4.78 is 35.6. The summed E-state index contributed by atoms with van der Waals surface area (Å²) in [7, 11) is 0. The van der Waals surface area contributed by atoms with Crippen molar-refractivity contribution in [2.75, 3.05) is 19.8 Å². The average Bonchev–Trinajstić information content (AvgIpc) is 3.55. The summed E-state index contributed by atoms with van der Waals surface area (Å²) in [5, 5.41) is 139. The molecule has 3 saturated heterocycles. The number of hydrogen-bond acceptors (Lipinski definition) is 19. The van der Waals surface area contributed by atoms with Gasteiger partial charge in [0.05, 0.1) is 37.6 Å². The van der Waals surface area contributed by atoms with Crippen molar-refractivity contribution in [1.82, 2.24) is 0 Å². The first kappa shape index (κ1) is 52.8. The van der Waals surface area contributed by atoms with Crippen LogP contribution in [0.2, 0.25) is 0 Å². The molecule has 382 valence electrons. The largest absolute Gasteiger partial charge is 0.394 e. The van der Waals surface area contributed by atoms with Gasteiger partial charge in [0.25, 0.3) is 0 Å². The van der Waals surface area contributed by atoms with Gasteiger partial charge in [0.15, 0.2) is 18.9 Å². The van der Waals surface area contributed by atoms with Crippen molar-refractivity contribution in [3.05, 3.63) is 11.6 Å².